The SMILES string of the molecule is CCOC(=O)c1c(NC(=O)C(CC)Sc2cccc(NC(=O)/C=C/C(=O)O)c2)sc(C(=O)Nc2ccccc2)c1C. The Morgan fingerprint density at radius 1 is 0.951 bits per heavy atom. The summed E-state index contributed by atoms with van der Waals surface area (Å²) < 4.78 is 5.21. The lowest BCUT2D eigenvalue weighted by molar-refractivity contribution is -0.131. The van der Waals surface area contributed by atoms with Gasteiger partial charge in [0, 0.05) is 28.4 Å². The highest BCUT2D eigenvalue weighted by Crippen LogP contribution is 2.36. The van der Waals surface area contributed by atoms with Gasteiger partial charge in [0.25, 0.3) is 5.91 Å². The van der Waals surface area contributed by atoms with Gasteiger partial charge in [-0.05, 0) is 56.2 Å². The van der Waals surface area contributed by atoms with E-state index in [2.05, 4.69) is 16.0 Å². The topological polar surface area (TPSA) is 151 Å². The van der Waals surface area contributed by atoms with Crippen molar-refractivity contribution in [1.82, 2.24) is 0 Å². The number of thioether (sulfide) groups is 1. The fourth-order valence-electron chi connectivity index (χ4n) is 3.63. The van der Waals surface area contributed by atoms with Crippen molar-refractivity contribution in [3.8, 4) is 0 Å². The molecule has 0 bridgehead atoms. The Hall–Kier alpha value is -4.42. The molecule has 0 spiro atoms. The van der Waals surface area contributed by atoms with Crippen LogP contribution in [0, 0.1) is 6.92 Å². The molecule has 1 atom stereocenters. The minimum Gasteiger partial charge on any atom is -0.478 e. The molecule has 214 valence electrons. The smallest absolute Gasteiger partial charge is 0.341 e. The molecule has 41 heavy (non-hydrogen) atoms. The number of anilines is 3. The van der Waals surface area contributed by atoms with Crippen LogP contribution in [0.5, 0.6) is 0 Å². The van der Waals surface area contributed by atoms with Crippen molar-refractivity contribution in [2.45, 2.75) is 37.3 Å². The number of thiophene rings is 1. The zero-order chi connectivity index (χ0) is 29.9. The van der Waals surface area contributed by atoms with E-state index in [4.69, 9.17) is 9.84 Å². The Morgan fingerprint density at radius 2 is 1.66 bits per heavy atom. The molecule has 0 radical (unpaired) electrons. The molecule has 0 saturated carbocycles. The van der Waals surface area contributed by atoms with Crippen molar-refractivity contribution in [2.75, 3.05) is 22.6 Å². The summed E-state index contributed by atoms with van der Waals surface area (Å²) in [6, 6.07) is 15.7. The highest BCUT2D eigenvalue weighted by atomic mass is 32.2. The Balaban J connectivity index is 1.80. The van der Waals surface area contributed by atoms with Crippen LogP contribution >= 0.6 is 23.1 Å². The molecule has 1 unspecified atom stereocenters. The van der Waals surface area contributed by atoms with E-state index in [-0.39, 0.29) is 28.0 Å². The van der Waals surface area contributed by atoms with Crippen LogP contribution in [-0.4, -0.2) is 46.6 Å². The number of esters is 1. The first kappa shape index (κ1) is 31.1. The number of amides is 3. The number of aliphatic carboxylic acids is 1. The monoisotopic (exact) mass is 595 g/mol. The molecule has 2 aromatic carbocycles. The van der Waals surface area contributed by atoms with Crippen molar-refractivity contribution < 1.29 is 33.8 Å². The molecule has 3 amide bonds. The van der Waals surface area contributed by atoms with E-state index in [0.717, 1.165) is 23.5 Å². The second-order valence-electron chi connectivity index (χ2n) is 8.49. The van der Waals surface area contributed by atoms with Gasteiger partial charge in [0.2, 0.25) is 11.8 Å². The molecule has 0 aliphatic rings. The maximum absolute atomic E-state index is 13.4. The molecular weight excluding hydrogens is 566 g/mol. The molecule has 4 N–H and O–H groups in total. The molecule has 0 fully saturated rings. The Labute approximate surface area is 245 Å². The highest BCUT2D eigenvalue weighted by Gasteiger charge is 2.28. The molecule has 12 heteroatoms. The van der Waals surface area contributed by atoms with Gasteiger partial charge in [0.1, 0.15) is 5.00 Å². The van der Waals surface area contributed by atoms with Gasteiger partial charge >= 0.3 is 11.9 Å². The van der Waals surface area contributed by atoms with E-state index in [0.29, 0.717) is 28.3 Å². The van der Waals surface area contributed by atoms with E-state index < -0.39 is 29.0 Å². The minimum atomic E-state index is -1.24. The summed E-state index contributed by atoms with van der Waals surface area (Å²) in [5.41, 5.74) is 1.55. The molecule has 1 aromatic heterocycles. The summed E-state index contributed by atoms with van der Waals surface area (Å²) >= 11 is 2.25. The van der Waals surface area contributed by atoms with Crippen LogP contribution in [-0.2, 0) is 19.1 Å². The fraction of sp³-hybridized carbons (Fsp3) is 0.207. The molecular formula is C29H29N3O7S2. The summed E-state index contributed by atoms with van der Waals surface area (Å²) in [5, 5.41) is 16.5. The average Bonchev–Trinajstić information content (AvgIpc) is 3.26. The van der Waals surface area contributed by atoms with E-state index >= 15 is 0 Å². The van der Waals surface area contributed by atoms with E-state index in [1.54, 1.807) is 62.4 Å². The van der Waals surface area contributed by atoms with Gasteiger partial charge in [0.05, 0.1) is 22.3 Å². The number of carboxylic acid groups (broad SMARTS) is 1. The lowest BCUT2D eigenvalue weighted by Gasteiger charge is -2.15. The Kier molecular flexibility index (Phi) is 11.2. The number of nitrogens with one attached hydrogen (secondary N) is 3. The van der Waals surface area contributed by atoms with Crippen molar-refractivity contribution in [1.29, 1.82) is 0 Å². The fourth-order valence-corrected chi connectivity index (χ4v) is 5.74. The molecule has 3 rings (SSSR count). The van der Waals surface area contributed by atoms with Crippen molar-refractivity contribution in [3.63, 3.8) is 0 Å². The number of ether oxygens (including phenoxy) is 1. The first-order valence-electron chi connectivity index (χ1n) is 12.6. The third kappa shape index (κ3) is 8.78. The summed E-state index contributed by atoms with van der Waals surface area (Å²) in [4.78, 5) is 62.7. The highest BCUT2D eigenvalue weighted by molar-refractivity contribution is 8.00. The second kappa shape index (κ2) is 14.8. The zero-order valence-corrected chi connectivity index (χ0v) is 24.2. The maximum Gasteiger partial charge on any atom is 0.341 e. The molecule has 10 nitrogen and oxygen atoms in total. The lowest BCUT2D eigenvalue weighted by atomic mass is 10.1. The van der Waals surface area contributed by atoms with Crippen LogP contribution in [0.2, 0.25) is 0 Å². The standard InChI is InChI=1S/C29H29N3O7S2/c1-4-21(40-20-13-9-12-19(16-20)30-22(33)14-15-23(34)35)26(36)32-28-24(29(38)39-5-2)17(3)25(41-28)27(37)31-18-10-7-6-8-11-18/h6-16,21H,4-5H2,1-3H3,(H,30,33)(H,31,37)(H,32,36)(H,34,35)/b15-14+. The molecule has 0 saturated heterocycles. The van der Waals surface area contributed by atoms with Crippen LogP contribution in [0.4, 0.5) is 16.4 Å². The van der Waals surface area contributed by atoms with Gasteiger partial charge in [-0.2, -0.15) is 0 Å². The van der Waals surface area contributed by atoms with Gasteiger partial charge < -0.3 is 25.8 Å². The summed E-state index contributed by atoms with van der Waals surface area (Å²) in [6.07, 6.45) is 2.08. The minimum absolute atomic E-state index is 0.124. The number of hydrogen-bond acceptors (Lipinski definition) is 8. The van der Waals surface area contributed by atoms with Crippen molar-refractivity contribution in [2.24, 2.45) is 0 Å². The summed E-state index contributed by atoms with van der Waals surface area (Å²) in [5.74, 6) is -3.28. The number of hydrogen-bond donors (Lipinski definition) is 4. The van der Waals surface area contributed by atoms with E-state index in [1.807, 2.05) is 13.0 Å². The first-order chi connectivity index (χ1) is 19.6. The van der Waals surface area contributed by atoms with Crippen molar-refractivity contribution >= 4 is 69.1 Å². The third-order valence-electron chi connectivity index (χ3n) is 5.52. The molecule has 1 heterocycles. The number of carbonyl (C=O) groups excluding carboxylic acids is 4. The largest absolute Gasteiger partial charge is 0.478 e. The molecule has 3 aromatic rings. The molecule has 0 aliphatic heterocycles. The number of carboxylic acids is 1. The van der Waals surface area contributed by atoms with Gasteiger partial charge in [-0.1, -0.05) is 31.2 Å². The summed E-state index contributed by atoms with van der Waals surface area (Å²) in [7, 11) is 0. The predicted molar refractivity (Wildman–Crippen MR) is 160 cm³/mol. The summed E-state index contributed by atoms with van der Waals surface area (Å²) in [6.45, 7) is 5.27. The van der Waals surface area contributed by atoms with Gasteiger partial charge in [-0.3, -0.25) is 14.4 Å². The average molecular weight is 596 g/mol. The quantitative estimate of drug-likeness (QED) is 0.120. The third-order valence-corrected chi connectivity index (χ3v) is 8.09. The lowest BCUT2D eigenvalue weighted by Crippen LogP contribution is -2.25. The normalized spacial score (nSPS) is 11.5. The first-order valence-corrected chi connectivity index (χ1v) is 14.3. The van der Waals surface area contributed by atoms with Crippen molar-refractivity contribution in [3.05, 3.63) is 82.8 Å². The number of carbonyl (C=O) groups is 5. The van der Waals surface area contributed by atoms with Crippen LogP contribution in [0.25, 0.3) is 0 Å². The van der Waals surface area contributed by atoms with Gasteiger partial charge in [0.15, 0.2) is 0 Å². The van der Waals surface area contributed by atoms with Gasteiger partial charge in [-0.15, -0.1) is 23.1 Å². The Bertz CT molecular complexity index is 1470. The zero-order valence-electron chi connectivity index (χ0n) is 22.6. The predicted octanol–water partition coefficient (Wildman–Crippen LogP) is 5.57. The van der Waals surface area contributed by atoms with E-state index in [1.165, 1.54) is 11.8 Å². The van der Waals surface area contributed by atoms with Crippen LogP contribution in [0.3, 0.4) is 0 Å². The van der Waals surface area contributed by atoms with Crippen LogP contribution in [0.15, 0.2) is 71.6 Å². The number of rotatable bonds is 12. The number of benzene rings is 2. The van der Waals surface area contributed by atoms with E-state index in [9.17, 15) is 24.0 Å². The van der Waals surface area contributed by atoms with Gasteiger partial charge in [-0.25, -0.2) is 9.59 Å². The molecule has 0 aliphatic carbocycles. The van der Waals surface area contributed by atoms with Crippen LogP contribution in [0.1, 0.15) is 45.9 Å². The maximum atomic E-state index is 13.4. The van der Waals surface area contributed by atoms with Crippen LogP contribution < -0.4 is 16.0 Å². The Morgan fingerprint density at radius 3 is 2.32 bits per heavy atom. The number of para-hydroxylation sites is 1. The second-order valence-corrected chi connectivity index (χ2v) is 10.8.